The SMILES string of the molecule is CCn1nc(-c2ccncc2)c2c1CCNC2. The Hall–Kier alpha value is -1.68. The Bertz CT molecular complexity index is 516. The van der Waals surface area contributed by atoms with Crippen LogP contribution in [-0.2, 0) is 19.5 Å². The first-order valence-electron chi connectivity index (χ1n) is 6.10. The molecule has 3 heterocycles. The third-order valence-electron chi connectivity index (χ3n) is 3.26. The van der Waals surface area contributed by atoms with Gasteiger partial charge in [-0.2, -0.15) is 5.10 Å². The molecule has 4 heteroatoms. The molecular weight excluding hydrogens is 212 g/mol. The van der Waals surface area contributed by atoms with Crippen LogP contribution in [0.15, 0.2) is 24.5 Å². The highest BCUT2D eigenvalue weighted by Crippen LogP contribution is 2.27. The van der Waals surface area contributed by atoms with E-state index in [9.17, 15) is 0 Å². The van der Waals surface area contributed by atoms with Gasteiger partial charge in [0.05, 0.1) is 5.69 Å². The van der Waals surface area contributed by atoms with Gasteiger partial charge in [-0.05, 0) is 19.1 Å². The molecule has 3 rings (SSSR count). The summed E-state index contributed by atoms with van der Waals surface area (Å²) in [7, 11) is 0. The fourth-order valence-corrected chi connectivity index (χ4v) is 2.42. The largest absolute Gasteiger partial charge is 0.312 e. The number of hydrogen-bond acceptors (Lipinski definition) is 3. The monoisotopic (exact) mass is 228 g/mol. The Balaban J connectivity index is 2.14. The maximum Gasteiger partial charge on any atom is 0.0972 e. The predicted molar refractivity (Wildman–Crippen MR) is 66.5 cm³/mol. The van der Waals surface area contributed by atoms with Gasteiger partial charge in [0.15, 0.2) is 0 Å². The van der Waals surface area contributed by atoms with Gasteiger partial charge in [0, 0.05) is 55.3 Å². The fraction of sp³-hybridized carbons (Fsp3) is 0.385. The van der Waals surface area contributed by atoms with Crippen molar-refractivity contribution >= 4 is 0 Å². The summed E-state index contributed by atoms with van der Waals surface area (Å²) in [5.74, 6) is 0. The van der Waals surface area contributed by atoms with Crippen LogP contribution in [0.2, 0.25) is 0 Å². The van der Waals surface area contributed by atoms with Gasteiger partial charge in [0.25, 0.3) is 0 Å². The molecule has 1 aliphatic rings. The molecule has 0 spiro atoms. The highest BCUT2D eigenvalue weighted by atomic mass is 15.3. The summed E-state index contributed by atoms with van der Waals surface area (Å²) in [6, 6.07) is 4.05. The second-order valence-corrected chi connectivity index (χ2v) is 4.25. The van der Waals surface area contributed by atoms with Gasteiger partial charge in [0.2, 0.25) is 0 Å². The van der Waals surface area contributed by atoms with E-state index in [0.717, 1.165) is 37.3 Å². The van der Waals surface area contributed by atoms with Crippen molar-refractivity contribution in [3.63, 3.8) is 0 Å². The summed E-state index contributed by atoms with van der Waals surface area (Å²) in [5, 5.41) is 8.15. The standard InChI is InChI=1S/C13H16N4/c1-2-17-12-5-8-15-9-11(12)13(16-17)10-3-6-14-7-4-10/h3-4,6-7,15H,2,5,8-9H2,1H3. The zero-order valence-corrected chi connectivity index (χ0v) is 9.98. The van der Waals surface area contributed by atoms with Gasteiger partial charge >= 0.3 is 0 Å². The summed E-state index contributed by atoms with van der Waals surface area (Å²) >= 11 is 0. The minimum Gasteiger partial charge on any atom is -0.312 e. The molecule has 0 aromatic carbocycles. The average Bonchev–Trinajstić information content (AvgIpc) is 2.78. The van der Waals surface area contributed by atoms with Crippen LogP contribution < -0.4 is 5.32 Å². The molecule has 0 fully saturated rings. The van der Waals surface area contributed by atoms with E-state index in [0.29, 0.717) is 0 Å². The number of pyridine rings is 1. The Morgan fingerprint density at radius 3 is 2.94 bits per heavy atom. The minimum absolute atomic E-state index is 0.924. The van der Waals surface area contributed by atoms with Crippen LogP contribution in [0.3, 0.4) is 0 Å². The molecule has 0 bridgehead atoms. The average molecular weight is 228 g/mol. The molecule has 1 N–H and O–H groups in total. The van der Waals surface area contributed by atoms with E-state index < -0.39 is 0 Å². The fourth-order valence-electron chi connectivity index (χ4n) is 2.42. The molecule has 88 valence electrons. The first-order valence-corrected chi connectivity index (χ1v) is 6.10. The molecule has 1 aliphatic heterocycles. The van der Waals surface area contributed by atoms with Gasteiger partial charge in [-0.15, -0.1) is 0 Å². The molecule has 0 aliphatic carbocycles. The Morgan fingerprint density at radius 2 is 2.18 bits per heavy atom. The Labute approximate surface area is 101 Å². The minimum atomic E-state index is 0.924. The maximum atomic E-state index is 4.73. The first kappa shape index (κ1) is 10.5. The van der Waals surface area contributed by atoms with Crippen molar-refractivity contribution in [2.24, 2.45) is 0 Å². The zero-order chi connectivity index (χ0) is 11.7. The molecule has 0 saturated heterocycles. The van der Waals surface area contributed by atoms with E-state index in [1.807, 2.05) is 24.5 Å². The van der Waals surface area contributed by atoms with Crippen LogP contribution in [0.4, 0.5) is 0 Å². The lowest BCUT2D eigenvalue weighted by atomic mass is 10.0. The normalized spacial score (nSPS) is 14.6. The summed E-state index contributed by atoms with van der Waals surface area (Å²) in [6.07, 6.45) is 4.72. The second kappa shape index (κ2) is 4.30. The van der Waals surface area contributed by atoms with Crippen LogP contribution in [0.1, 0.15) is 18.2 Å². The number of aromatic nitrogens is 3. The number of hydrogen-bond donors (Lipinski definition) is 1. The van der Waals surface area contributed by atoms with Crippen LogP contribution in [0.5, 0.6) is 0 Å². The van der Waals surface area contributed by atoms with Gasteiger partial charge < -0.3 is 5.32 Å². The number of nitrogens with one attached hydrogen (secondary N) is 1. The highest BCUT2D eigenvalue weighted by molar-refractivity contribution is 5.63. The molecule has 2 aromatic rings. The summed E-state index contributed by atoms with van der Waals surface area (Å²) in [6.45, 7) is 5.06. The number of nitrogens with zero attached hydrogens (tertiary/aromatic N) is 3. The lowest BCUT2D eigenvalue weighted by molar-refractivity contribution is 0.572. The summed E-state index contributed by atoms with van der Waals surface area (Å²) < 4.78 is 2.13. The van der Waals surface area contributed by atoms with Gasteiger partial charge in [-0.3, -0.25) is 9.67 Å². The van der Waals surface area contributed by atoms with Gasteiger partial charge in [0.1, 0.15) is 0 Å². The first-order chi connectivity index (χ1) is 8.40. The Morgan fingerprint density at radius 1 is 1.35 bits per heavy atom. The summed E-state index contributed by atoms with van der Waals surface area (Å²) in [5.41, 5.74) is 5.01. The molecule has 0 amide bonds. The van der Waals surface area contributed by atoms with E-state index in [1.54, 1.807) is 0 Å². The third kappa shape index (κ3) is 1.74. The van der Waals surface area contributed by atoms with E-state index in [2.05, 4.69) is 21.9 Å². The second-order valence-electron chi connectivity index (χ2n) is 4.25. The van der Waals surface area contributed by atoms with Crippen molar-refractivity contribution in [2.75, 3.05) is 6.54 Å². The van der Waals surface area contributed by atoms with E-state index in [4.69, 9.17) is 5.10 Å². The molecule has 0 atom stereocenters. The molecular formula is C13H16N4. The van der Waals surface area contributed by atoms with Crippen LogP contribution in [0, 0.1) is 0 Å². The zero-order valence-electron chi connectivity index (χ0n) is 9.98. The molecule has 0 radical (unpaired) electrons. The molecule has 0 unspecified atom stereocenters. The Kier molecular flexibility index (Phi) is 2.65. The number of rotatable bonds is 2. The number of fused-ring (bicyclic) bond motifs is 1. The highest BCUT2D eigenvalue weighted by Gasteiger charge is 2.20. The predicted octanol–water partition coefficient (Wildman–Crippen LogP) is 1.61. The smallest absolute Gasteiger partial charge is 0.0972 e. The van der Waals surface area contributed by atoms with Crippen LogP contribution >= 0.6 is 0 Å². The third-order valence-corrected chi connectivity index (χ3v) is 3.26. The van der Waals surface area contributed by atoms with Crippen LogP contribution in [-0.4, -0.2) is 21.3 Å². The van der Waals surface area contributed by atoms with Crippen molar-refractivity contribution in [1.29, 1.82) is 0 Å². The molecule has 17 heavy (non-hydrogen) atoms. The quantitative estimate of drug-likeness (QED) is 0.849. The van der Waals surface area contributed by atoms with E-state index in [1.165, 1.54) is 11.3 Å². The van der Waals surface area contributed by atoms with Gasteiger partial charge in [-0.1, -0.05) is 0 Å². The molecule has 4 nitrogen and oxygen atoms in total. The van der Waals surface area contributed by atoms with E-state index >= 15 is 0 Å². The van der Waals surface area contributed by atoms with Crippen molar-refractivity contribution < 1.29 is 0 Å². The van der Waals surface area contributed by atoms with Crippen molar-refractivity contribution in [3.05, 3.63) is 35.8 Å². The molecule has 2 aromatic heterocycles. The van der Waals surface area contributed by atoms with Crippen molar-refractivity contribution in [1.82, 2.24) is 20.1 Å². The lowest BCUT2D eigenvalue weighted by Gasteiger charge is -2.15. The van der Waals surface area contributed by atoms with Crippen LogP contribution in [0.25, 0.3) is 11.3 Å². The maximum absolute atomic E-state index is 4.73. The van der Waals surface area contributed by atoms with Gasteiger partial charge in [-0.25, -0.2) is 0 Å². The topological polar surface area (TPSA) is 42.7 Å². The number of aryl methyl sites for hydroxylation is 1. The van der Waals surface area contributed by atoms with E-state index in [-0.39, 0.29) is 0 Å². The van der Waals surface area contributed by atoms with Crippen molar-refractivity contribution in [3.8, 4) is 11.3 Å². The summed E-state index contributed by atoms with van der Waals surface area (Å²) in [4.78, 5) is 4.06. The molecule has 0 saturated carbocycles. The van der Waals surface area contributed by atoms with Crippen molar-refractivity contribution in [2.45, 2.75) is 26.4 Å². The lowest BCUT2D eigenvalue weighted by Crippen LogP contribution is -2.24.